The summed E-state index contributed by atoms with van der Waals surface area (Å²) in [6.07, 6.45) is 1.03. The van der Waals surface area contributed by atoms with Crippen LogP contribution in [0.1, 0.15) is 187 Å². The normalized spacial score (nSPS) is 16.3. The fraction of sp³-hybridized carbons (Fsp3) is 0.358. The molecule has 8 rings (SSSR count). The van der Waals surface area contributed by atoms with Gasteiger partial charge >= 0.3 is 0 Å². The fourth-order valence-corrected chi connectivity index (χ4v) is 14.9. The smallest absolute Gasteiger partial charge is 0.134 e. The van der Waals surface area contributed by atoms with Gasteiger partial charge < -0.3 is 9.47 Å². The van der Waals surface area contributed by atoms with Gasteiger partial charge in [-0.15, -0.1) is 0 Å². The topological polar surface area (TPSA) is 35.5 Å². The number of carbonyl (C=O) groups excluding carboxylic acids is 1. The van der Waals surface area contributed by atoms with Crippen molar-refractivity contribution in [2.75, 3.05) is 14.2 Å². The number of benzene rings is 7. The zero-order chi connectivity index (χ0) is 50.8. The molecule has 1 saturated heterocycles. The minimum atomic E-state index is -1.12. The molecule has 1 aliphatic rings. The Morgan fingerprint density at radius 3 is 1.04 bits per heavy atom. The number of Topliss-reactive ketones (excluding diaryl/α,β-unsaturated/α-hetero) is 1. The van der Waals surface area contributed by atoms with Crippen molar-refractivity contribution >= 4 is 19.0 Å². The first-order chi connectivity index (χ1) is 34.0. The Hall–Kier alpha value is -5.76. The molecule has 0 spiro atoms. The Kier molecular flexibility index (Phi) is 15.9. The predicted octanol–water partition coefficient (Wildman–Crippen LogP) is 19.1. The molecule has 0 radical (unpaired) electrons. The van der Waals surface area contributed by atoms with E-state index in [9.17, 15) is 4.79 Å². The largest absolute Gasteiger partial charge is 0.496 e. The number of ether oxygens (including phenoxy) is 2. The lowest BCUT2D eigenvalue weighted by Gasteiger charge is -2.42. The summed E-state index contributed by atoms with van der Waals surface area (Å²) in [6, 6.07) is 52.6. The molecule has 0 N–H and O–H groups in total. The van der Waals surface area contributed by atoms with Gasteiger partial charge in [0.2, 0.25) is 0 Å². The molecule has 3 nitrogen and oxygen atoms in total. The van der Waals surface area contributed by atoms with Crippen LogP contribution >= 0.6 is 7.92 Å². The number of para-hydroxylation sites is 2. The highest BCUT2D eigenvalue weighted by Crippen LogP contribution is 2.68. The molecule has 0 aromatic heterocycles. The van der Waals surface area contributed by atoms with Gasteiger partial charge in [-0.25, -0.2) is 0 Å². The molecule has 0 saturated carbocycles. The van der Waals surface area contributed by atoms with E-state index in [1.807, 2.05) is 0 Å². The highest BCUT2D eigenvalue weighted by Gasteiger charge is 2.43. The van der Waals surface area contributed by atoms with Crippen LogP contribution in [0.4, 0.5) is 0 Å². The first kappa shape index (κ1) is 51.6. The van der Waals surface area contributed by atoms with E-state index in [0.29, 0.717) is 30.5 Å². The molecule has 2 unspecified atom stereocenters. The van der Waals surface area contributed by atoms with Crippen molar-refractivity contribution in [2.24, 2.45) is 0 Å². The van der Waals surface area contributed by atoms with Crippen LogP contribution < -0.4 is 14.8 Å². The van der Waals surface area contributed by atoms with Crippen molar-refractivity contribution in [1.29, 1.82) is 0 Å². The van der Waals surface area contributed by atoms with Crippen molar-refractivity contribution in [3.63, 3.8) is 0 Å². The average Bonchev–Trinajstić information content (AvgIpc) is 3.37. The summed E-state index contributed by atoms with van der Waals surface area (Å²) in [5.74, 6) is 3.76. The van der Waals surface area contributed by atoms with Crippen LogP contribution in [-0.4, -0.2) is 20.0 Å². The Bertz CT molecular complexity index is 2730. The molecule has 2 atom stereocenters. The summed E-state index contributed by atoms with van der Waals surface area (Å²) in [4.78, 5) is 14.7. The molecule has 0 amide bonds. The molecule has 4 heteroatoms. The number of hydrogen-bond acceptors (Lipinski definition) is 3. The van der Waals surface area contributed by atoms with E-state index in [0.717, 1.165) is 22.6 Å². The Morgan fingerprint density at radius 2 is 0.732 bits per heavy atom. The van der Waals surface area contributed by atoms with E-state index in [-0.39, 0.29) is 35.0 Å². The van der Waals surface area contributed by atoms with Crippen molar-refractivity contribution in [2.45, 2.75) is 143 Å². The lowest BCUT2D eigenvalue weighted by Crippen LogP contribution is -2.26. The molecular weight excluding hydrogens is 884 g/mol. The van der Waals surface area contributed by atoms with Gasteiger partial charge in [0.1, 0.15) is 17.3 Å². The van der Waals surface area contributed by atoms with Gasteiger partial charge in [-0.05, 0) is 131 Å². The average molecular weight is 961 g/mol. The monoisotopic (exact) mass is 961 g/mol. The maximum Gasteiger partial charge on any atom is 0.134 e. The molecule has 7 aromatic rings. The van der Waals surface area contributed by atoms with E-state index in [2.05, 4.69) is 223 Å². The third kappa shape index (κ3) is 10.5. The molecule has 1 heterocycles. The Labute approximate surface area is 428 Å². The second-order valence-corrected chi connectivity index (χ2v) is 24.3. The fourth-order valence-electron chi connectivity index (χ4n) is 11.1. The van der Waals surface area contributed by atoms with Crippen LogP contribution in [0.25, 0.3) is 44.5 Å². The summed E-state index contributed by atoms with van der Waals surface area (Å²) >= 11 is 0. The number of hydrogen-bond donors (Lipinski definition) is 0. The van der Waals surface area contributed by atoms with Crippen LogP contribution in [0.3, 0.4) is 0 Å². The summed E-state index contributed by atoms with van der Waals surface area (Å²) in [5, 5.41) is 1.41. The Morgan fingerprint density at radius 1 is 0.408 bits per heavy atom. The number of rotatable bonds is 15. The van der Waals surface area contributed by atoms with Gasteiger partial charge in [0.05, 0.1) is 14.2 Å². The van der Waals surface area contributed by atoms with Crippen LogP contribution in [-0.2, 0) is 4.79 Å². The number of methoxy groups -OCH3 is 2. The van der Waals surface area contributed by atoms with Crippen LogP contribution in [0.2, 0.25) is 0 Å². The molecule has 1 fully saturated rings. The minimum Gasteiger partial charge on any atom is -0.496 e. The molecule has 7 aromatic carbocycles. The molecule has 71 heavy (non-hydrogen) atoms. The van der Waals surface area contributed by atoms with E-state index in [1.165, 1.54) is 83.2 Å². The van der Waals surface area contributed by atoms with Crippen LogP contribution in [0.15, 0.2) is 140 Å². The highest BCUT2D eigenvalue weighted by atomic mass is 31.1. The van der Waals surface area contributed by atoms with Gasteiger partial charge in [-0.3, -0.25) is 4.79 Å². The summed E-state index contributed by atoms with van der Waals surface area (Å²) < 4.78 is 12.0. The maximum absolute atomic E-state index is 14.7. The SMILES string of the molecule is COc1ccccc1-c1cc(C(C)C)c(-c2cccc(-c3c(C(C)C)cc(-c4ccccc4OC)cc3C(C)C)c2P2C(c3ccc(C(C)C)cc3)CC(=O)CC2c2ccc(C(C)C)cc2)c(C(C)C)c1. The molecule has 0 aliphatic carbocycles. The van der Waals surface area contributed by atoms with Crippen molar-refractivity contribution in [3.05, 3.63) is 184 Å². The number of carbonyl (C=O) groups is 1. The number of ketones is 1. The molecule has 368 valence electrons. The molecule has 0 bridgehead atoms. The second-order valence-electron chi connectivity index (χ2n) is 21.8. The lowest BCUT2D eigenvalue weighted by molar-refractivity contribution is -0.119. The highest BCUT2D eigenvalue weighted by molar-refractivity contribution is 7.67. The van der Waals surface area contributed by atoms with Gasteiger partial charge in [-0.1, -0.05) is 218 Å². The minimum absolute atomic E-state index is 0.00200. The third-order valence-corrected chi connectivity index (χ3v) is 18.3. The summed E-state index contributed by atoms with van der Waals surface area (Å²) in [5.41, 5.74) is 20.3. The first-order valence-corrected chi connectivity index (χ1v) is 27.8. The van der Waals surface area contributed by atoms with Crippen LogP contribution in [0, 0.1) is 0 Å². The van der Waals surface area contributed by atoms with Crippen molar-refractivity contribution in [1.82, 2.24) is 0 Å². The zero-order valence-electron chi connectivity index (χ0n) is 45.0. The van der Waals surface area contributed by atoms with Gasteiger partial charge in [0, 0.05) is 35.3 Å². The van der Waals surface area contributed by atoms with E-state index in [1.54, 1.807) is 14.2 Å². The lowest BCUT2D eigenvalue weighted by atomic mass is 9.79. The third-order valence-electron chi connectivity index (χ3n) is 15.0. The Balaban J connectivity index is 1.55. The summed E-state index contributed by atoms with van der Waals surface area (Å²) in [7, 11) is 2.43. The quantitative estimate of drug-likeness (QED) is 0.0961. The predicted molar refractivity (Wildman–Crippen MR) is 305 cm³/mol. The summed E-state index contributed by atoms with van der Waals surface area (Å²) in [6.45, 7) is 27.9. The molecular formula is C67H77O3P. The van der Waals surface area contributed by atoms with Crippen LogP contribution in [0.5, 0.6) is 11.5 Å². The molecule has 1 aliphatic heterocycles. The standard InChI is InChI=1S/C67H77O3P/c1-40(2)46-26-30-48(31-27-46)63-38-52(68)39-64(49-32-28-47(29-33-49)41(3)4)71(63)67-55(65-57(42(5)6)34-50(35-58(65)43(7)8)53-20-15-17-24-61(53)69-13)22-19-23-56(67)66-59(44(9)10)36-51(37-60(66)45(11)12)54-21-16-18-25-62(54)70-14/h15-37,40-45,63-64H,38-39H2,1-14H3. The van der Waals surface area contributed by atoms with Crippen molar-refractivity contribution in [3.8, 4) is 56.0 Å². The first-order valence-electron chi connectivity index (χ1n) is 26.3. The zero-order valence-corrected chi connectivity index (χ0v) is 45.9. The van der Waals surface area contributed by atoms with Gasteiger partial charge in [0.15, 0.2) is 0 Å². The van der Waals surface area contributed by atoms with Gasteiger partial charge in [-0.2, -0.15) is 0 Å². The maximum atomic E-state index is 14.7. The van der Waals surface area contributed by atoms with E-state index < -0.39 is 7.92 Å². The van der Waals surface area contributed by atoms with Crippen molar-refractivity contribution < 1.29 is 14.3 Å². The second kappa shape index (κ2) is 21.9. The van der Waals surface area contributed by atoms with Gasteiger partial charge in [0.25, 0.3) is 0 Å². The van der Waals surface area contributed by atoms with E-state index >= 15 is 0 Å². The van der Waals surface area contributed by atoms with E-state index in [4.69, 9.17) is 9.47 Å².